The first kappa shape index (κ1) is 38.7. The Morgan fingerprint density at radius 1 is 0.920 bits per heavy atom. The minimum Gasteiger partial charge on any atom is -0.460 e. The third kappa shape index (κ3) is 8.24. The molecule has 0 aromatic heterocycles. The van der Waals surface area contributed by atoms with E-state index >= 15 is 0 Å². The summed E-state index contributed by atoms with van der Waals surface area (Å²) in [7, 11) is 0. The van der Waals surface area contributed by atoms with Crippen molar-refractivity contribution in [3.8, 4) is 0 Å². The first-order chi connectivity index (χ1) is 23.8. The van der Waals surface area contributed by atoms with E-state index in [1.807, 2.05) is 0 Å². The zero-order valence-corrected chi connectivity index (χ0v) is 31.8. The summed E-state index contributed by atoms with van der Waals surface area (Å²) >= 11 is 0. The van der Waals surface area contributed by atoms with Gasteiger partial charge >= 0.3 is 5.97 Å². The maximum absolute atomic E-state index is 13.0. The fourth-order valence-corrected chi connectivity index (χ4v) is 10.8. The molecule has 5 rings (SSSR count). The molecule has 3 fully saturated rings. The third-order valence-electron chi connectivity index (χ3n) is 13.6. The zero-order valence-electron chi connectivity index (χ0n) is 31.8. The molecule has 3 unspecified atom stereocenters. The van der Waals surface area contributed by atoms with E-state index in [-0.39, 0.29) is 43.9 Å². The summed E-state index contributed by atoms with van der Waals surface area (Å²) in [4.78, 5) is 49.7. The number of ether oxygens (including phenoxy) is 3. The van der Waals surface area contributed by atoms with Crippen LogP contribution in [0.2, 0.25) is 0 Å². The molecule has 1 heterocycles. The molecule has 0 radical (unpaired) electrons. The van der Waals surface area contributed by atoms with E-state index in [2.05, 4.69) is 46.0 Å². The SMILES string of the molecule is CC(C)CCCC(C)[C@H]1CC[C@H]2[C@@H]3CC=C4C[C@@H](OC(=O)C(C)OCCOCCNC(=O)C(C)N5C(=O)C=CC5=O)CC[C@]4(C)[C@H]3CC[C@]12C. The first-order valence-corrected chi connectivity index (χ1v) is 19.7. The summed E-state index contributed by atoms with van der Waals surface area (Å²) in [5, 5.41) is 2.67. The van der Waals surface area contributed by atoms with E-state index in [0.29, 0.717) is 5.41 Å². The number of imide groups is 1. The van der Waals surface area contributed by atoms with E-state index < -0.39 is 29.9 Å². The van der Waals surface area contributed by atoms with Crippen LogP contribution in [-0.4, -0.2) is 73.2 Å². The van der Waals surface area contributed by atoms with Crippen LogP contribution in [0.4, 0.5) is 0 Å². The molecule has 0 bridgehead atoms. The lowest BCUT2D eigenvalue weighted by molar-refractivity contribution is -0.164. The Morgan fingerprint density at radius 3 is 2.38 bits per heavy atom. The third-order valence-corrected chi connectivity index (χ3v) is 13.6. The van der Waals surface area contributed by atoms with E-state index in [4.69, 9.17) is 14.2 Å². The van der Waals surface area contributed by atoms with E-state index in [9.17, 15) is 19.2 Å². The number of carbonyl (C=O) groups excluding carboxylic acids is 4. The molecule has 0 spiro atoms. The number of fused-ring (bicyclic) bond motifs is 5. The van der Waals surface area contributed by atoms with Crippen molar-refractivity contribution < 1.29 is 33.4 Å². The second-order valence-electron chi connectivity index (χ2n) is 17.1. The van der Waals surface area contributed by atoms with Crippen LogP contribution in [0.25, 0.3) is 0 Å². The quantitative estimate of drug-likeness (QED) is 0.0819. The van der Waals surface area contributed by atoms with Crippen molar-refractivity contribution in [3.63, 3.8) is 0 Å². The summed E-state index contributed by atoms with van der Waals surface area (Å²) < 4.78 is 17.3. The number of carbonyl (C=O) groups is 4. The summed E-state index contributed by atoms with van der Waals surface area (Å²) in [5.74, 6) is 3.10. The molecule has 280 valence electrons. The minimum absolute atomic E-state index is 0.106. The predicted molar refractivity (Wildman–Crippen MR) is 193 cm³/mol. The fourth-order valence-electron chi connectivity index (χ4n) is 10.8. The smallest absolute Gasteiger partial charge is 0.335 e. The van der Waals surface area contributed by atoms with Gasteiger partial charge in [-0.2, -0.15) is 0 Å². The lowest BCUT2D eigenvalue weighted by atomic mass is 9.47. The van der Waals surface area contributed by atoms with Gasteiger partial charge < -0.3 is 19.5 Å². The molecule has 0 saturated heterocycles. The lowest BCUT2D eigenvalue weighted by Gasteiger charge is -2.58. The fraction of sp³-hybridized carbons (Fsp3) is 0.805. The molecule has 3 amide bonds. The summed E-state index contributed by atoms with van der Waals surface area (Å²) in [6.45, 7) is 16.6. The van der Waals surface area contributed by atoms with Gasteiger partial charge in [0.25, 0.3) is 11.8 Å². The van der Waals surface area contributed by atoms with Gasteiger partial charge in [-0.15, -0.1) is 0 Å². The molecular weight excluding hydrogens is 632 g/mol. The van der Waals surface area contributed by atoms with Gasteiger partial charge in [0.2, 0.25) is 5.91 Å². The Bertz CT molecular complexity index is 1290. The highest BCUT2D eigenvalue weighted by Crippen LogP contribution is 2.67. The number of hydrogen-bond donors (Lipinski definition) is 1. The van der Waals surface area contributed by atoms with Crippen molar-refractivity contribution in [2.75, 3.05) is 26.4 Å². The molecule has 0 aromatic rings. The average Bonchev–Trinajstić information content (AvgIpc) is 3.61. The minimum atomic E-state index is -0.897. The number of nitrogens with zero attached hydrogens (tertiary/aromatic N) is 1. The van der Waals surface area contributed by atoms with Crippen LogP contribution in [0, 0.1) is 46.3 Å². The van der Waals surface area contributed by atoms with E-state index in [0.717, 1.165) is 71.8 Å². The van der Waals surface area contributed by atoms with Crippen molar-refractivity contribution in [2.45, 2.75) is 137 Å². The molecule has 0 aromatic carbocycles. The van der Waals surface area contributed by atoms with Crippen LogP contribution in [0.3, 0.4) is 0 Å². The Balaban J connectivity index is 1.01. The number of hydrogen-bond acceptors (Lipinski definition) is 7. The molecule has 50 heavy (non-hydrogen) atoms. The largest absolute Gasteiger partial charge is 0.460 e. The highest BCUT2D eigenvalue weighted by Gasteiger charge is 2.59. The van der Waals surface area contributed by atoms with Gasteiger partial charge in [-0.3, -0.25) is 19.3 Å². The van der Waals surface area contributed by atoms with Crippen LogP contribution in [0.5, 0.6) is 0 Å². The van der Waals surface area contributed by atoms with Gasteiger partial charge in [0.15, 0.2) is 6.10 Å². The predicted octanol–water partition coefficient (Wildman–Crippen LogP) is 6.79. The number of amides is 3. The Labute approximate surface area is 300 Å². The van der Waals surface area contributed by atoms with Crippen LogP contribution < -0.4 is 5.32 Å². The summed E-state index contributed by atoms with van der Waals surface area (Å²) in [6.07, 6.45) is 17.7. The molecule has 3 saturated carbocycles. The van der Waals surface area contributed by atoms with Gasteiger partial charge in [-0.25, -0.2) is 4.79 Å². The van der Waals surface area contributed by atoms with Gasteiger partial charge in [-0.05, 0) is 105 Å². The van der Waals surface area contributed by atoms with Crippen LogP contribution in [0.15, 0.2) is 23.8 Å². The van der Waals surface area contributed by atoms with Crippen molar-refractivity contribution in [1.82, 2.24) is 10.2 Å². The number of allylic oxidation sites excluding steroid dienone is 1. The molecule has 5 aliphatic rings. The maximum atomic E-state index is 13.0. The summed E-state index contributed by atoms with van der Waals surface area (Å²) in [5.41, 5.74) is 2.21. The van der Waals surface area contributed by atoms with Gasteiger partial charge in [0.1, 0.15) is 12.1 Å². The average molecular weight is 697 g/mol. The zero-order chi connectivity index (χ0) is 36.2. The molecule has 1 N–H and O–H groups in total. The molecule has 9 heteroatoms. The van der Waals surface area contributed by atoms with Crippen molar-refractivity contribution >= 4 is 23.7 Å². The van der Waals surface area contributed by atoms with Crippen LogP contribution >= 0.6 is 0 Å². The molecular formula is C41H64N2O7. The summed E-state index contributed by atoms with van der Waals surface area (Å²) in [6, 6.07) is -0.897. The van der Waals surface area contributed by atoms with Crippen molar-refractivity contribution in [1.29, 1.82) is 0 Å². The standard InChI is InChI=1S/C41H64N2O7/c1-26(2)9-8-10-27(3)33-13-14-34-32-12-11-30-25-31(17-19-40(30,6)35(32)18-20-41(33,34)7)50-39(47)29(5)49-24-23-48-22-21-42-38(46)28(4)43-36(44)15-16-37(43)45/h11,15-16,26-29,31-35H,8-10,12-14,17-25H2,1-7H3,(H,42,46)/t27?,28?,29?,31-,32-,33+,34-,35-,40-,41+/m0/s1. The molecule has 1 aliphatic heterocycles. The van der Waals surface area contributed by atoms with Gasteiger partial charge in [0.05, 0.1) is 19.8 Å². The normalized spacial score (nSPS) is 33.7. The Kier molecular flexibility index (Phi) is 12.7. The number of nitrogens with one attached hydrogen (secondary N) is 1. The van der Waals surface area contributed by atoms with Crippen LogP contribution in [-0.2, 0) is 33.4 Å². The Morgan fingerprint density at radius 2 is 1.66 bits per heavy atom. The second-order valence-corrected chi connectivity index (χ2v) is 17.1. The molecule has 4 aliphatic carbocycles. The van der Waals surface area contributed by atoms with E-state index in [1.54, 1.807) is 6.92 Å². The second kappa shape index (κ2) is 16.4. The number of esters is 1. The highest BCUT2D eigenvalue weighted by molar-refractivity contribution is 6.15. The lowest BCUT2D eigenvalue weighted by Crippen LogP contribution is -2.51. The van der Waals surface area contributed by atoms with Crippen molar-refractivity contribution in [3.05, 3.63) is 23.8 Å². The highest BCUT2D eigenvalue weighted by atomic mass is 16.6. The monoisotopic (exact) mass is 696 g/mol. The van der Waals surface area contributed by atoms with E-state index in [1.165, 1.54) is 63.9 Å². The Hall–Kier alpha value is -2.52. The number of rotatable bonds is 16. The van der Waals surface area contributed by atoms with Crippen LogP contribution in [0.1, 0.15) is 119 Å². The van der Waals surface area contributed by atoms with Gasteiger partial charge in [-0.1, -0.05) is 65.5 Å². The topological polar surface area (TPSA) is 111 Å². The molecule has 10 atom stereocenters. The first-order valence-electron chi connectivity index (χ1n) is 19.7. The maximum Gasteiger partial charge on any atom is 0.335 e. The van der Waals surface area contributed by atoms with Crippen molar-refractivity contribution in [2.24, 2.45) is 46.3 Å². The van der Waals surface area contributed by atoms with Gasteiger partial charge in [0, 0.05) is 25.1 Å². The molecule has 9 nitrogen and oxygen atoms in total.